The molecule has 1 amide bonds. The van der Waals surface area contributed by atoms with Crippen LogP contribution in [0.5, 0.6) is 5.75 Å². The molecule has 21 heavy (non-hydrogen) atoms. The first-order valence-corrected chi connectivity index (χ1v) is 6.76. The van der Waals surface area contributed by atoms with Gasteiger partial charge in [0.2, 0.25) is 0 Å². The van der Waals surface area contributed by atoms with Crippen LogP contribution in [0.15, 0.2) is 42.5 Å². The minimum atomic E-state index is -0.0879. The van der Waals surface area contributed by atoms with Gasteiger partial charge in [0.1, 0.15) is 5.75 Å². The second-order valence-corrected chi connectivity index (χ2v) is 5.05. The number of methoxy groups -OCH3 is 1. The van der Waals surface area contributed by atoms with E-state index in [1.165, 1.54) is 12.7 Å². The Morgan fingerprint density at radius 1 is 1.24 bits per heavy atom. The molecule has 0 aliphatic rings. The van der Waals surface area contributed by atoms with Crippen LogP contribution >= 0.6 is 0 Å². The largest absolute Gasteiger partial charge is 0.496 e. The van der Waals surface area contributed by atoms with E-state index in [0.29, 0.717) is 23.5 Å². The lowest BCUT2D eigenvalue weighted by molar-refractivity contribution is 0.0781. The van der Waals surface area contributed by atoms with Crippen molar-refractivity contribution >= 4 is 11.6 Å². The van der Waals surface area contributed by atoms with Gasteiger partial charge in [-0.2, -0.15) is 0 Å². The zero-order valence-electron chi connectivity index (χ0n) is 12.6. The second kappa shape index (κ2) is 6.31. The van der Waals surface area contributed by atoms with Gasteiger partial charge in [-0.1, -0.05) is 24.3 Å². The Bertz CT molecular complexity index is 653. The average molecular weight is 284 g/mol. The molecular weight excluding hydrogens is 264 g/mol. The lowest BCUT2D eigenvalue weighted by Gasteiger charge is -2.20. The molecule has 0 saturated heterocycles. The monoisotopic (exact) mass is 284 g/mol. The third kappa shape index (κ3) is 3.34. The number of anilines is 1. The molecule has 0 fully saturated rings. The fourth-order valence-electron chi connectivity index (χ4n) is 2.20. The molecule has 0 spiro atoms. The van der Waals surface area contributed by atoms with Crippen LogP contribution in [0.3, 0.4) is 0 Å². The summed E-state index contributed by atoms with van der Waals surface area (Å²) in [6, 6.07) is 13.1. The van der Waals surface area contributed by atoms with Crippen molar-refractivity contribution in [2.24, 2.45) is 0 Å². The molecule has 0 heterocycles. The summed E-state index contributed by atoms with van der Waals surface area (Å²) in [5.41, 5.74) is 9.10. The molecule has 0 radical (unpaired) electrons. The van der Waals surface area contributed by atoms with Crippen molar-refractivity contribution in [3.05, 3.63) is 59.2 Å². The Labute approximate surface area is 125 Å². The predicted molar refractivity (Wildman–Crippen MR) is 84.4 cm³/mol. The first kappa shape index (κ1) is 14.9. The molecule has 0 saturated carbocycles. The predicted octanol–water partition coefficient (Wildman–Crippen LogP) is 2.86. The number of rotatable bonds is 4. The fraction of sp³-hybridized carbons (Fsp3) is 0.235. The zero-order valence-corrected chi connectivity index (χ0v) is 12.6. The molecule has 0 atom stereocenters. The summed E-state index contributed by atoms with van der Waals surface area (Å²) < 4.78 is 5.24. The van der Waals surface area contributed by atoms with Gasteiger partial charge in [0.15, 0.2) is 0 Å². The summed E-state index contributed by atoms with van der Waals surface area (Å²) in [6.07, 6.45) is 0. The van der Waals surface area contributed by atoms with Crippen LogP contribution in [-0.2, 0) is 6.54 Å². The molecular formula is C17H20N2O2. The molecule has 0 aromatic heterocycles. The highest BCUT2D eigenvalue weighted by atomic mass is 16.5. The number of ether oxygens (including phenoxy) is 1. The molecule has 4 nitrogen and oxygen atoms in total. The maximum absolute atomic E-state index is 12.6. The average Bonchev–Trinajstić information content (AvgIpc) is 2.48. The zero-order chi connectivity index (χ0) is 15.4. The number of benzene rings is 2. The van der Waals surface area contributed by atoms with Gasteiger partial charge in [0.25, 0.3) is 5.91 Å². The van der Waals surface area contributed by atoms with E-state index >= 15 is 0 Å². The molecule has 2 rings (SSSR count). The summed E-state index contributed by atoms with van der Waals surface area (Å²) in [5.74, 6) is 0.409. The van der Waals surface area contributed by atoms with Crippen LogP contribution < -0.4 is 10.5 Å². The molecule has 0 aliphatic heterocycles. The standard InChI is InChI=1S/C17H20N2O2/c1-12-6-4-5-7-13(12)11-19(2)17(20)15-9-8-14(18)10-16(15)21-3/h4-10H,11,18H2,1-3H3. The van der Waals surface area contributed by atoms with Crippen molar-refractivity contribution in [1.82, 2.24) is 4.90 Å². The Hall–Kier alpha value is -2.49. The van der Waals surface area contributed by atoms with Gasteiger partial charge in [-0.15, -0.1) is 0 Å². The number of carbonyl (C=O) groups is 1. The molecule has 2 aromatic rings. The number of nitrogens with zero attached hydrogens (tertiary/aromatic N) is 1. The van der Waals surface area contributed by atoms with E-state index < -0.39 is 0 Å². The lowest BCUT2D eigenvalue weighted by atomic mass is 10.1. The number of hydrogen-bond donors (Lipinski definition) is 1. The maximum atomic E-state index is 12.6. The Morgan fingerprint density at radius 3 is 2.62 bits per heavy atom. The van der Waals surface area contributed by atoms with Crippen LogP contribution in [0.2, 0.25) is 0 Å². The summed E-state index contributed by atoms with van der Waals surface area (Å²) in [7, 11) is 3.32. The molecule has 2 aromatic carbocycles. The topological polar surface area (TPSA) is 55.6 Å². The highest BCUT2D eigenvalue weighted by Crippen LogP contribution is 2.23. The van der Waals surface area contributed by atoms with Crippen molar-refractivity contribution in [1.29, 1.82) is 0 Å². The van der Waals surface area contributed by atoms with Gasteiger partial charge < -0.3 is 15.4 Å². The normalized spacial score (nSPS) is 10.2. The molecule has 2 N–H and O–H groups in total. The van der Waals surface area contributed by atoms with E-state index in [2.05, 4.69) is 0 Å². The first-order chi connectivity index (χ1) is 10.0. The highest BCUT2D eigenvalue weighted by molar-refractivity contribution is 5.97. The van der Waals surface area contributed by atoms with Crippen molar-refractivity contribution < 1.29 is 9.53 Å². The minimum Gasteiger partial charge on any atom is -0.496 e. The maximum Gasteiger partial charge on any atom is 0.257 e. The van der Waals surface area contributed by atoms with E-state index in [-0.39, 0.29) is 5.91 Å². The van der Waals surface area contributed by atoms with Crippen LogP contribution in [0, 0.1) is 6.92 Å². The Morgan fingerprint density at radius 2 is 1.95 bits per heavy atom. The Kier molecular flexibility index (Phi) is 4.48. The number of amides is 1. The quantitative estimate of drug-likeness (QED) is 0.878. The van der Waals surface area contributed by atoms with E-state index in [0.717, 1.165) is 5.56 Å². The van der Waals surface area contributed by atoms with Gasteiger partial charge >= 0.3 is 0 Å². The second-order valence-electron chi connectivity index (χ2n) is 5.05. The van der Waals surface area contributed by atoms with Gasteiger partial charge in [0, 0.05) is 25.3 Å². The molecule has 4 heteroatoms. The minimum absolute atomic E-state index is 0.0879. The number of carbonyl (C=O) groups excluding carboxylic acids is 1. The summed E-state index contributed by atoms with van der Waals surface area (Å²) in [4.78, 5) is 14.2. The molecule has 110 valence electrons. The highest BCUT2D eigenvalue weighted by Gasteiger charge is 2.17. The van der Waals surface area contributed by atoms with E-state index in [9.17, 15) is 4.79 Å². The summed E-state index contributed by atoms with van der Waals surface area (Å²) in [6.45, 7) is 2.59. The Balaban J connectivity index is 2.22. The van der Waals surface area contributed by atoms with Crippen molar-refractivity contribution in [2.75, 3.05) is 19.9 Å². The van der Waals surface area contributed by atoms with Gasteiger partial charge in [-0.25, -0.2) is 0 Å². The van der Waals surface area contributed by atoms with Crippen molar-refractivity contribution in [3.63, 3.8) is 0 Å². The van der Waals surface area contributed by atoms with Gasteiger partial charge in [-0.05, 0) is 30.2 Å². The van der Waals surface area contributed by atoms with E-state index in [4.69, 9.17) is 10.5 Å². The van der Waals surface area contributed by atoms with Crippen LogP contribution in [0.4, 0.5) is 5.69 Å². The number of aryl methyl sites for hydroxylation is 1. The van der Waals surface area contributed by atoms with Crippen LogP contribution in [0.25, 0.3) is 0 Å². The molecule has 0 aliphatic carbocycles. The van der Waals surface area contributed by atoms with E-state index in [1.54, 1.807) is 30.1 Å². The first-order valence-electron chi connectivity index (χ1n) is 6.76. The van der Waals surface area contributed by atoms with Crippen molar-refractivity contribution in [2.45, 2.75) is 13.5 Å². The number of nitrogen functional groups attached to an aromatic ring is 1. The molecule has 0 unspecified atom stereocenters. The van der Waals surface area contributed by atoms with Gasteiger partial charge in [0.05, 0.1) is 12.7 Å². The smallest absolute Gasteiger partial charge is 0.257 e. The van der Waals surface area contributed by atoms with Crippen LogP contribution in [0.1, 0.15) is 21.5 Å². The summed E-state index contributed by atoms with van der Waals surface area (Å²) >= 11 is 0. The summed E-state index contributed by atoms with van der Waals surface area (Å²) in [5, 5.41) is 0. The lowest BCUT2D eigenvalue weighted by Crippen LogP contribution is -2.27. The number of hydrogen-bond acceptors (Lipinski definition) is 3. The third-order valence-corrected chi connectivity index (χ3v) is 3.47. The molecule has 0 bridgehead atoms. The van der Waals surface area contributed by atoms with E-state index in [1.807, 2.05) is 31.2 Å². The third-order valence-electron chi connectivity index (χ3n) is 3.47. The van der Waals surface area contributed by atoms with Crippen molar-refractivity contribution in [3.8, 4) is 5.75 Å². The van der Waals surface area contributed by atoms with Gasteiger partial charge in [-0.3, -0.25) is 4.79 Å². The SMILES string of the molecule is COc1cc(N)ccc1C(=O)N(C)Cc1ccccc1C. The number of nitrogens with two attached hydrogens (primary N) is 1. The van der Waals surface area contributed by atoms with Crippen LogP contribution in [-0.4, -0.2) is 25.0 Å². The fourth-order valence-corrected chi connectivity index (χ4v) is 2.20.